The molecule has 0 aliphatic carbocycles. The third kappa shape index (κ3) is 5.42. The number of benzene rings is 3. The van der Waals surface area contributed by atoms with Gasteiger partial charge < -0.3 is 4.90 Å². The summed E-state index contributed by atoms with van der Waals surface area (Å²) in [5, 5.41) is 8.87. The molecule has 0 fully saturated rings. The Morgan fingerprint density at radius 2 is 1.33 bits per heavy atom. The lowest BCUT2D eigenvalue weighted by Gasteiger charge is -2.21. The fourth-order valence-corrected chi connectivity index (χ4v) is 2.76. The van der Waals surface area contributed by atoms with Crippen molar-refractivity contribution in [2.75, 3.05) is 0 Å². The highest BCUT2D eigenvalue weighted by molar-refractivity contribution is 5.91. The van der Waals surface area contributed by atoms with E-state index in [0.717, 1.165) is 16.7 Å². The maximum absolute atomic E-state index is 12.8. The Bertz CT molecular complexity index is 898. The molecule has 3 rings (SSSR count). The fourth-order valence-electron chi connectivity index (χ4n) is 2.76. The van der Waals surface area contributed by atoms with E-state index in [0.29, 0.717) is 18.7 Å². The summed E-state index contributed by atoms with van der Waals surface area (Å²) in [4.78, 5) is 14.7. The lowest BCUT2D eigenvalue weighted by Crippen LogP contribution is -2.28. The molecule has 0 aliphatic heterocycles. The largest absolute Gasteiger partial charge is 0.331 e. The predicted octanol–water partition coefficient (Wildman–Crippen LogP) is 4.80. The molecule has 0 spiro atoms. The molecule has 0 atom stereocenters. The van der Waals surface area contributed by atoms with Gasteiger partial charge in [0.25, 0.3) is 0 Å². The van der Waals surface area contributed by atoms with Crippen molar-refractivity contribution in [2.24, 2.45) is 0 Å². The van der Waals surface area contributed by atoms with E-state index in [1.54, 1.807) is 24.3 Å². The van der Waals surface area contributed by atoms with E-state index in [4.69, 9.17) is 5.26 Å². The minimum Gasteiger partial charge on any atom is -0.331 e. The molecule has 1 amide bonds. The summed E-state index contributed by atoms with van der Waals surface area (Å²) in [5.41, 5.74) is 3.68. The fraction of sp³-hybridized carbons (Fsp3) is 0.0833. The van der Waals surface area contributed by atoms with Crippen LogP contribution in [0.3, 0.4) is 0 Å². The molecule has 27 heavy (non-hydrogen) atoms. The lowest BCUT2D eigenvalue weighted by atomic mass is 10.1. The van der Waals surface area contributed by atoms with Crippen LogP contribution in [0.1, 0.15) is 22.3 Å². The van der Waals surface area contributed by atoms with Crippen LogP contribution < -0.4 is 0 Å². The van der Waals surface area contributed by atoms with Crippen molar-refractivity contribution in [3.63, 3.8) is 0 Å². The van der Waals surface area contributed by atoms with Crippen LogP contribution in [0.4, 0.5) is 0 Å². The highest BCUT2D eigenvalue weighted by Gasteiger charge is 2.12. The maximum Gasteiger partial charge on any atom is 0.247 e. The average Bonchev–Trinajstić information content (AvgIpc) is 2.73. The normalized spacial score (nSPS) is 10.5. The highest BCUT2D eigenvalue weighted by atomic mass is 16.2. The van der Waals surface area contributed by atoms with Crippen LogP contribution in [0.25, 0.3) is 6.08 Å². The van der Waals surface area contributed by atoms with Crippen LogP contribution in [0.2, 0.25) is 0 Å². The molecule has 0 unspecified atom stereocenters. The van der Waals surface area contributed by atoms with Gasteiger partial charge in [-0.05, 0) is 34.9 Å². The van der Waals surface area contributed by atoms with Crippen molar-refractivity contribution < 1.29 is 4.79 Å². The van der Waals surface area contributed by atoms with E-state index >= 15 is 0 Å². The molecular formula is C24H20N2O. The maximum atomic E-state index is 12.8. The standard InChI is InChI=1S/C24H20N2O/c25-17-21-13-11-20(12-14-21)15-16-24(27)26(18-22-7-3-1-4-8-22)19-23-9-5-2-6-10-23/h1-16H,18-19H2/b16-15+. The van der Waals surface area contributed by atoms with Gasteiger partial charge in [0, 0.05) is 19.2 Å². The van der Waals surface area contributed by atoms with Crippen molar-refractivity contribution in [3.8, 4) is 6.07 Å². The van der Waals surface area contributed by atoms with Gasteiger partial charge in [-0.2, -0.15) is 5.26 Å². The van der Waals surface area contributed by atoms with E-state index < -0.39 is 0 Å². The smallest absolute Gasteiger partial charge is 0.247 e. The summed E-state index contributed by atoms with van der Waals surface area (Å²) in [6.45, 7) is 1.10. The average molecular weight is 352 g/mol. The van der Waals surface area contributed by atoms with E-state index in [1.807, 2.05) is 77.7 Å². The van der Waals surface area contributed by atoms with Crippen molar-refractivity contribution in [2.45, 2.75) is 13.1 Å². The summed E-state index contributed by atoms with van der Waals surface area (Å²) in [5.74, 6) is -0.0490. The van der Waals surface area contributed by atoms with E-state index in [1.165, 1.54) is 0 Å². The van der Waals surface area contributed by atoms with Crippen molar-refractivity contribution in [3.05, 3.63) is 113 Å². The molecule has 0 saturated heterocycles. The van der Waals surface area contributed by atoms with E-state index in [-0.39, 0.29) is 5.91 Å². The van der Waals surface area contributed by atoms with Crippen molar-refractivity contribution in [1.29, 1.82) is 5.26 Å². The first-order valence-electron chi connectivity index (χ1n) is 8.79. The number of carbonyl (C=O) groups is 1. The number of nitriles is 1. The quantitative estimate of drug-likeness (QED) is 0.598. The summed E-state index contributed by atoms with van der Waals surface area (Å²) < 4.78 is 0. The zero-order valence-corrected chi connectivity index (χ0v) is 15.0. The molecule has 132 valence electrons. The zero-order chi connectivity index (χ0) is 18.9. The first-order chi connectivity index (χ1) is 13.2. The predicted molar refractivity (Wildman–Crippen MR) is 107 cm³/mol. The van der Waals surface area contributed by atoms with Crippen LogP contribution in [0, 0.1) is 11.3 Å². The zero-order valence-electron chi connectivity index (χ0n) is 15.0. The minimum absolute atomic E-state index is 0.0490. The topological polar surface area (TPSA) is 44.1 Å². The van der Waals surface area contributed by atoms with Gasteiger partial charge >= 0.3 is 0 Å². The first-order valence-corrected chi connectivity index (χ1v) is 8.79. The first kappa shape index (κ1) is 18.2. The summed E-state index contributed by atoms with van der Waals surface area (Å²) in [6.07, 6.45) is 3.37. The van der Waals surface area contributed by atoms with Gasteiger partial charge in [-0.25, -0.2) is 0 Å². The molecule has 3 aromatic carbocycles. The van der Waals surface area contributed by atoms with Gasteiger partial charge in [0.15, 0.2) is 0 Å². The van der Waals surface area contributed by atoms with Gasteiger partial charge in [0.2, 0.25) is 5.91 Å². The molecule has 0 N–H and O–H groups in total. The Morgan fingerprint density at radius 1 is 0.815 bits per heavy atom. The van der Waals surface area contributed by atoms with Crippen LogP contribution in [-0.2, 0) is 17.9 Å². The third-order valence-electron chi connectivity index (χ3n) is 4.20. The Hall–Kier alpha value is -3.64. The number of hydrogen-bond acceptors (Lipinski definition) is 2. The molecule has 3 aromatic rings. The second-order valence-electron chi connectivity index (χ2n) is 6.23. The Morgan fingerprint density at radius 3 is 1.81 bits per heavy atom. The van der Waals surface area contributed by atoms with E-state index in [9.17, 15) is 4.79 Å². The second kappa shape index (κ2) is 9.17. The molecule has 0 radical (unpaired) electrons. The lowest BCUT2D eigenvalue weighted by molar-refractivity contribution is -0.127. The van der Waals surface area contributed by atoms with Crippen molar-refractivity contribution in [1.82, 2.24) is 4.90 Å². The van der Waals surface area contributed by atoms with Crippen LogP contribution in [0.5, 0.6) is 0 Å². The van der Waals surface area contributed by atoms with Crippen LogP contribution in [-0.4, -0.2) is 10.8 Å². The highest BCUT2D eigenvalue weighted by Crippen LogP contribution is 2.12. The molecule has 3 nitrogen and oxygen atoms in total. The SMILES string of the molecule is N#Cc1ccc(/C=C/C(=O)N(Cc2ccccc2)Cc2ccccc2)cc1. The van der Waals surface area contributed by atoms with E-state index in [2.05, 4.69) is 6.07 Å². The van der Waals surface area contributed by atoms with Crippen LogP contribution >= 0.6 is 0 Å². The molecule has 0 aliphatic rings. The number of rotatable bonds is 6. The molecule has 0 saturated carbocycles. The van der Waals surface area contributed by atoms with Crippen LogP contribution in [0.15, 0.2) is 91.0 Å². The number of amides is 1. The Labute approximate surface area is 159 Å². The molecule has 0 heterocycles. The minimum atomic E-state index is -0.0490. The van der Waals surface area contributed by atoms with Gasteiger partial charge in [0.1, 0.15) is 0 Å². The Kier molecular flexibility index (Phi) is 6.17. The van der Waals surface area contributed by atoms with Crippen molar-refractivity contribution >= 4 is 12.0 Å². The molecule has 0 bridgehead atoms. The van der Waals surface area contributed by atoms with Gasteiger partial charge in [0.05, 0.1) is 11.6 Å². The number of nitrogens with zero attached hydrogens (tertiary/aromatic N) is 2. The van der Waals surface area contributed by atoms with Gasteiger partial charge in [-0.3, -0.25) is 4.79 Å². The number of hydrogen-bond donors (Lipinski definition) is 0. The monoisotopic (exact) mass is 352 g/mol. The second-order valence-corrected chi connectivity index (χ2v) is 6.23. The summed E-state index contributed by atoms with van der Waals surface area (Å²) in [7, 11) is 0. The number of carbonyl (C=O) groups excluding carboxylic acids is 1. The molecule has 3 heteroatoms. The molecule has 0 aromatic heterocycles. The Balaban J connectivity index is 1.76. The summed E-state index contributed by atoms with van der Waals surface area (Å²) in [6, 6.07) is 29.2. The van der Waals surface area contributed by atoms with Gasteiger partial charge in [-0.1, -0.05) is 72.8 Å². The molecular weight excluding hydrogens is 332 g/mol. The third-order valence-corrected chi connectivity index (χ3v) is 4.20. The van der Waals surface area contributed by atoms with Gasteiger partial charge in [-0.15, -0.1) is 0 Å². The summed E-state index contributed by atoms with van der Waals surface area (Å²) >= 11 is 0.